The number of ether oxygens (including phenoxy) is 2. The van der Waals surface area contributed by atoms with Crippen molar-refractivity contribution in [3.63, 3.8) is 0 Å². The van der Waals surface area contributed by atoms with Gasteiger partial charge in [-0.25, -0.2) is 9.82 Å². The van der Waals surface area contributed by atoms with Crippen LogP contribution in [0.4, 0.5) is 4.39 Å². The number of hydrogen-bond acceptors (Lipinski definition) is 5. The molecule has 0 aliphatic carbocycles. The SMILES string of the molecule is NNC(c1ccc2c(c1)OCCO2)c1ccc(F)cn1. The van der Waals surface area contributed by atoms with Crippen LogP contribution in [0.15, 0.2) is 36.5 Å². The maximum Gasteiger partial charge on any atom is 0.161 e. The summed E-state index contributed by atoms with van der Waals surface area (Å²) in [5.41, 5.74) is 4.18. The molecule has 2 heterocycles. The van der Waals surface area contributed by atoms with Crippen molar-refractivity contribution in [3.8, 4) is 11.5 Å². The van der Waals surface area contributed by atoms with E-state index < -0.39 is 0 Å². The molecule has 0 saturated carbocycles. The van der Waals surface area contributed by atoms with Crippen molar-refractivity contribution < 1.29 is 13.9 Å². The highest BCUT2D eigenvalue weighted by Gasteiger charge is 2.18. The summed E-state index contributed by atoms with van der Waals surface area (Å²) >= 11 is 0. The summed E-state index contributed by atoms with van der Waals surface area (Å²) in [5.74, 6) is 6.60. The van der Waals surface area contributed by atoms with Crippen LogP contribution in [0.1, 0.15) is 17.3 Å². The number of hydrogen-bond donors (Lipinski definition) is 2. The number of benzene rings is 1. The maximum absolute atomic E-state index is 12.9. The van der Waals surface area contributed by atoms with Crippen molar-refractivity contribution in [2.24, 2.45) is 5.84 Å². The van der Waals surface area contributed by atoms with E-state index in [-0.39, 0.29) is 11.9 Å². The Morgan fingerprint density at radius 3 is 2.65 bits per heavy atom. The summed E-state index contributed by atoms with van der Waals surface area (Å²) in [6, 6.07) is 8.16. The zero-order valence-corrected chi connectivity index (χ0v) is 10.7. The van der Waals surface area contributed by atoms with Crippen molar-refractivity contribution in [2.75, 3.05) is 13.2 Å². The van der Waals surface area contributed by atoms with E-state index in [2.05, 4.69) is 10.4 Å². The molecule has 1 aliphatic heterocycles. The number of rotatable bonds is 3. The topological polar surface area (TPSA) is 69.4 Å². The molecule has 1 aromatic carbocycles. The van der Waals surface area contributed by atoms with E-state index in [1.165, 1.54) is 6.07 Å². The van der Waals surface area contributed by atoms with E-state index in [1.54, 1.807) is 6.07 Å². The zero-order valence-electron chi connectivity index (χ0n) is 10.7. The molecule has 1 aliphatic rings. The molecule has 0 fully saturated rings. The first-order chi connectivity index (χ1) is 9.78. The van der Waals surface area contributed by atoms with Gasteiger partial charge in [-0.15, -0.1) is 0 Å². The van der Waals surface area contributed by atoms with Gasteiger partial charge in [0, 0.05) is 0 Å². The van der Waals surface area contributed by atoms with Gasteiger partial charge < -0.3 is 9.47 Å². The molecule has 3 rings (SSSR count). The molecule has 20 heavy (non-hydrogen) atoms. The molecule has 6 heteroatoms. The third-order valence-electron chi connectivity index (χ3n) is 3.11. The van der Waals surface area contributed by atoms with E-state index >= 15 is 0 Å². The average molecular weight is 275 g/mol. The lowest BCUT2D eigenvalue weighted by Gasteiger charge is -2.21. The molecular weight excluding hydrogens is 261 g/mol. The maximum atomic E-state index is 12.9. The summed E-state index contributed by atoms with van der Waals surface area (Å²) in [5, 5.41) is 0. The standard InChI is InChI=1S/C14H14FN3O2/c15-10-2-3-11(17-8-10)14(18-16)9-1-4-12-13(7-9)20-6-5-19-12/h1-4,7-8,14,18H,5-6,16H2. The summed E-state index contributed by atoms with van der Waals surface area (Å²) in [6.07, 6.45) is 1.16. The van der Waals surface area contributed by atoms with Crippen molar-refractivity contribution >= 4 is 0 Å². The Kier molecular flexibility index (Phi) is 3.49. The van der Waals surface area contributed by atoms with E-state index in [0.717, 1.165) is 11.8 Å². The van der Waals surface area contributed by atoms with Gasteiger partial charge in [0.15, 0.2) is 11.5 Å². The fourth-order valence-electron chi connectivity index (χ4n) is 2.15. The predicted molar refractivity (Wildman–Crippen MR) is 70.8 cm³/mol. The lowest BCUT2D eigenvalue weighted by atomic mass is 10.0. The van der Waals surface area contributed by atoms with Crippen LogP contribution in [0.2, 0.25) is 0 Å². The van der Waals surface area contributed by atoms with Crippen LogP contribution < -0.4 is 20.7 Å². The molecule has 1 aromatic heterocycles. The lowest BCUT2D eigenvalue weighted by Crippen LogP contribution is -2.29. The Hall–Kier alpha value is -2.18. The number of hydrazine groups is 1. The van der Waals surface area contributed by atoms with Crippen molar-refractivity contribution in [1.29, 1.82) is 0 Å². The van der Waals surface area contributed by atoms with Crippen molar-refractivity contribution in [2.45, 2.75) is 6.04 Å². The monoisotopic (exact) mass is 275 g/mol. The number of fused-ring (bicyclic) bond motifs is 1. The number of nitrogens with two attached hydrogens (primary N) is 1. The lowest BCUT2D eigenvalue weighted by molar-refractivity contribution is 0.171. The molecule has 3 N–H and O–H groups in total. The third-order valence-corrected chi connectivity index (χ3v) is 3.11. The normalized spacial score (nSPS) is 14.9. The zero-order chi connectivity index (χ0) is 13.9. The first kappa shape index (κ1) is 12.8. The Morgan fingerprint density at radius 1 is 1.15 bits per heavy atom. The smallest absolute Gasteiger partial charge is 0.161 e. The second-order valence-corrected chi connectivity index (χ2v) is 4.40. The van der Waals surface area contributed by atoms with Gasteiger partial charge in [0.2, 0.25) is 0 Å². The highest BCUT2D eigenvalue weighted by atomic mass is 19.1. The van der Waals surface area contributed by atoms with E-state index in [4.69, 9.17) is 15.3 Å². The minimum atomic E-state index is -0.383. The van der Waals surface area contributed by atoms with Crippen LogP contribution >= 0.6 is 0 Å². The first-order valence-electron chi connectivity index (χ1n) is 6.25. The van der Waals surface area contributed by atoms with Gasteiger partial charge in [0.1, 0.15) is 19.0 Å². The van der Waals surface area contributed by atoms with E-state index in [9.17, 15) is 4.39 Å². The van der Waals surface area contributed by atoms with Crippen LogP contribution in [-0.4, -0.2) is 18.2 Å². The quantitative estimate of drug-likeness (QED) is 0.657. The molecule has 5 nitrogen and oxygen atoms in total. The second-order valence-electron chi connectivity index (χ2n) is 4.40. The third kappa shape index (κ3) is 2.43. The van der Waals surface area contributed by atoms with Crippen LogP contribution in [0.5, 0.6) is 11.5 Å². The van der Waals surface area contributed by atoms with Gasteiger partial charge >= 0.3 is 0 Å². The average Bonchev–Trinajstić information content (AvgIpc) is 2.50. The fraction of sp³-hybridized carbons (Fsp3) is 0.214. The summed E-state index contributed by atoms with van der Waals surface area (Å²) in [4.78, 5) is 4.05. The second kappa shape index (κ2) is 5.44. The minimum absolute atomic E-state index is 0.341. The van der Waals surface area contributed by atoms with Crippen molar-refractivity contribution in [1.82, 2.24) is 10.4 Å². The fourth-order valence-corrected chi connectivity index (χ4v) is 2.15. The molecule has 1 atom stereocenters. The van der Waals surface area contributed by atoms with E-state index in [0.29, 0.717) is 30.4 Å². The largest absolute Gasteiger partial charge is 0.486 e. The van der Waals surface area contributed by atoms with Gasteiger partial charge in [0.05, 0.1) is 17.9 Å². The highest BCUT2D eigenvalue weighted by molar-refractivity contribution is 5.46. The highest BCUT2D eigenvalue weighted by Crippen LogP contribution is 2.33. The Labute approximate surface area is 115 Å². The first-order valence-corrected chi connectivity index (χ1v) is 6.25. The van der Waals surface area contributed by atoms with Gasteiger partial charge in [-0.2, -0.15) is 0 Å². The molecular formula is C14H14FN3O2. The van der Waals surface area contributed by atoms with Gasteiger partial charge in [0.25, 0.3) is 0 Å². The molecule has 0 amide bonds. The molecule has 0 saturated heterocycles. The predicted octanol–water partition coefficient (Wildman–Crippen LogP) is 1.54. The summed E-state index contributed by atoms with van der Waals surface area (Å²) in [7, 11) is 0. The molecule has 0 bridgehead atoms. The Bertz CT molecular complexity index is 604. The molecule has 0 radical (unpaired) electrons. The Balaban J connectivity index is 1.94. The number of aromatic nitrogens is 1. The summed E-state index contributed by atoms with van der Waals surface area (Å²) in [6.45, 7) is 1.07. The minimum Gasteiger partial charge on any atom is -0.486 e. The molecule has 104 valence electrons. The summed E-state index contributed by atoms with van der Waals surface area (Å²) < 4.78 is 23.9. The number of nitrogens with one attached hydrogen (secondary N) is 1. The van der Waals surface area contributed by atoms with Crippen LogP contribution in [0.25, 0.3) is 0 Å². The van der Waals surface area contributed by atoms with E-state index in [1.807, 2.05) is 18.2 Å². The number of pyridine rings is 1. The van der Waals surface area contributed by atoms with Gasteiger partial charge in [-0.1, -0.05) is 6.07 Å². The molecule has 0 spiro atoms. The van der Waals surface area contributed by atoms with Gasteiger partial charge in [-0.3, -0.25) is 10.8 Å². The Morgan fingerprint density at radius 2 is 1.95 bits per heavy atom. The van der Waals surface area contributed by atoms with Crippen LogP contribution in [0.3, 0.4) is 0 Å². The molecule has 1 unspecified atom stereocenters. The van der Waals surface area contributed by atoms with Crippen molar-refractivity contribution in [3.05, 3.63) is 53.6 Å². The van der Waals surface area contributed by atoms with Gasteiger partial charge in [-0.05, 0) is 29.8 Å². The van der Waals surface area contributed by atoms with Crippen LogP contribution in [-0.2, 0) is 0 Å². The van der Waals surface area contributed by atoms with Crippen LogP contribution in [0, 0.1) is 5.82 Å². The molecule has 2 aromatic rings. The number of halogens is 1. The number of nitrogens with zero attached hydrogens (tertiary/aromatic N) is 1.